The number of nitrogens with zero attached hydrogens (tertiary/aromatic N) is 4. The van der Waals surface area contributed by atoms with E-state index in [2.05, 4.69) is 10.1 Å². The van der Waals surface area contributed by atoms with Crippen LogP contribution in [0.1, 0.15) is 22.4 Å². The van der Waals surface area contributed by atoms with Crippen molar-refractivity contribution in [3.8, 4) is 11.1 Å². The van der Waals surface area contributed by atoms with Crippen molar-refractivity contribution in [3.05, 3.63) is 123 Å². The van der Waals surface area contributed by atoms with Crippen LogP contribution in [-0.2, 0) is 24.5 Å². The number of aliphatic hydroxyl groups is 1. The Kier molecular flexibility index (Phi) is 6.41. The summed E-state index contributed by atoms with van der Waals surface area (Å²) in [5.74, 6) is 0. The molecule has 2 heterocycles. The number of halogens is 1. The Bertz CT molecular complexity index is 1690. The molecule has 7 nitrogen and oxygen atoms in total. The highest BCUT2D eigenvalue weighted by Gasteiger charge is 2.37. The lowest BCUT2D eigenvalue weighted by Crippen LogP contribution is -2.31. The second-order valence-corrected chi connectivity index (χ2v) is 9.27. The molecule has 5 rings (SSSR count). The van der Waals surface area contributed by atoms with Gasteiger partial charge in [0.1, 0.15) is 7.11 Å². The number of benzene rings is 3. The Morgan fingerprint density at radius 3 is 2.49 bits per heavy atom. The highest BCUT2D eigenvalue weighted by Crippen LogP contribution is 2.39. The van der Waals surface area contributed by atoms with Gasteiger partial charge in [0, 0.05) is 30.6 Å². The molecule has 3 aromatic carbocycles. The summed E-state index contributed by atoms with van der Waals surface area (Å²) < 4.78 is 3.39. The number of hydrogen-bond acceptors (Lipinski definition) is 5. The Labute approximate surface area is 218 Å². The number of aromatic nitrogens is 3. The number of imidazole rings is 1. The van der Waals surface area contributed by atoms with E-state index in [0.717, 1.165) is 27.6 Å². The molecule has 8 heteroatoms. The van der Waals surface area contributed by atoms with Crippen molar-refractivity contribution >= 4 is 28.7 Å². The van der Waals surface area contributed by atoms with E-state index in [1.54, 1.807) is 65.3 Å². The lowest BCUT2D eigenvalue weighted by atomic mass is 9.82. The van der Waals surface area contributed by atoms with Gasteiger partial charge in [-0.15, -0.1) is 0 Å². The summed E-state index contributed by atoms with van der Waals surface area (Å²) in [5.41, 5.74) is 3.37. The topological polar surface area (TPSA) is 81.6 Å². The van der Waals surface area contributed by atoms with Crippen molar-refractivity contribution in [1.82, 2.24) is 14.1 Å². The number of rotatable bonds is 6. The maximum atomic E-state index is 12.9. The van der Waals surface area contributed by atoms with Gasteiger partial charge in [0.25, 0.3) is 5.56 Å². The van der Waals surface area contributed by atoms with Crippen LogP contribution in [0, 0.1) is 0 Å². The first-order chi connectivity index (χ1) is 17.8. The molecule has 0 amide bonds. The number of pyridine rings is 1. The number of oxime groups is 1. The van der Waals surface area contributed by atoms with Gasteiger partial charge >= 0.3 is 0 Å². The number of fused-ring (bicyclic) bond motifs is 1. The molecule has 186 valence electrons. The maximum Gasteiger partial charge on any atom is 0.251 e. The van der Waals surface area contributed by atoms with E-state index >= 15 is 0 Å². The van der Waals surface area contributed by atoms with Gasteiger partial charge in [-0.25, -0.2) is 4.98 Å². The average molecular weight is 513 g/mol. The summed E-state index contributed by atoms with van der Waals surface area (Å²) in [6, 6.07) is 22.1. The van der Waals surface area contributed by atoms with E-state index in [4.69, 9.17) is 16.4 Å². The minimum atomic E-state index is -1.52. The van der Waals surface area contributed by atoms with Crippen molar-refractivity contribution in [2.75, 3.05) is 7.11 Å². The van der Waals surface area contributed by atoms with Crippen LogP contribution in [0.3, 0.4) is 0 Å². The Morgan fingerprint density at radius 1 is 1.03 bits per heavy atom. The minimum absolute atomic E-state index is 0.134. The summed E-state index contributed by atoms with van der Waals surface area (Å²) in [7, 11) is 5.06. The first kappa shape index (κ1) is 24.5. The second-order valence-electron chi connectivity index (χ2n) is 8.84. The SMILES string of the molecule is CO/N=C/c1cccc(-c2cc(=O)n(C)c3ccc(C(O)(c4ccc(Cl)cc4)c4cncn4C)cc23)c1. The van der Waals surface area contributed by atoms with Crippen molar-refractivity contribution in [1.29, 1.82) is 0 Å². The van der Waals surface area contributed by atoms with Crippen molar-refractivity contribution in [2.24, 2.45) is 19.3 Å². The van der Waals surface area contributed by atoms with Crippen LogP contribution in [0.25, 0.3) is 22.0 Å². The molecule has 1 atom stereocenters. The predicted octanol–water partition coefficient (Wildman–Crippen LogP) is 4.86. The van der Waals surface area contributed by atoms with E-state index in [9.17, 15) is 9.90 Å². The fourth-order valence-electron chi connectivity index (χ4n) is 4.68. The highest BCUT2D eigenvalue weighted by molar-refractivity contribution is 6.30. The molecule has 0 fully saturated rings. The van der Waals surface area contributed by atoms with Gasteiger partial charge in [-0.1, -0.05) is 53.2 Å². The van der Waals surface area contributed by atoms with Crippen molar-refractivity contribution < 1.29 is 9.94 Å². The quantitative estimate of drug-likeness (QED) is 0.260. The number of hydrogen-bond donors (Lipinski definition) is 1. The third-order valence-electron chi connectivity index (χ3n) is 6.62. The fraction of sp³-hybridized carbons (Fsp3) is 0.138. The fourth-order valence-corrected chi connectivity index (χ4v) is 4.81. The van der Waals surface area contributed by atoms with Crippen LogP contribution in [-0.4, -0.2) is 32.5 Å². The molecule has 0 saturated heterocycles. The summed E-state index contributed by atoms with van der Waals surface area (Å²) in [6.45, 7) is 0. The standard InChI is InChI=1S/C29H25ClN4O3/c1-33-18-31-17-27(33)29(36,21-7-10-23(30)11-8-21)22-9-12-26-25(14-22)24(15-28(35)34(26)2)20-6-4-5-19(13-20)16-32-37-3/h4-18,36H,1-3H3/b32-16+. The predicted molar refractivity (Wildman–Crippen MR) is 146 cm³/mol. The van der Waals surface area contributed by atoms with Gasteiger partial charge in [-0.2, -0.15) is 0 Å². The van der Waals surface area contributed by atoms with Crippen LogP contribution in [0.2, 0.25) is 5.02 Å². The zero-order chi connectivity index (χ0) is 26.2. The van der Waals surface area contributed by atoms with Gasteiger partial charge in [-0.3, -0.25) is 4.79 Å². The normalized spacial score (nSPS) is 13.2. The van der Waals surface area contributed by atoms with Crippen LogP contribution in [0.5, 0.6) is 0 Å². The second kappa shape index (κ2) is 9.69. The Morgan fingerprint density at radius 2 is 1.78 bits per heavy atom. The van der Waals surface area contributed by atoms with Gasteiger partial charge in [0.05, 0.1) is 29.9 Å². The van der Waals surface area contributed by atoms with E-state index in [0.29, 0.717) is 21.8 Å². The molecule has 0 aliphatic rings. The third-order valence-corrected chi connectivity index (χ3v) is 6.87. The first-order valence-electron chi connectivity index (χ1n) is 11.6. The molecule has 0 aliphatic carbocycles. The summed E-state index contributed by atoms with van der Waals surface area (Å²) in [5, 5.41) is 17.6. The summed E-state index contributed by atoms with van der Waals surface area (Å²) in [4.78, 5) is 22.0. The van der Waals surface area contributed by atoms with E-state index in [-0.39, 0.29) is 5.56 Å². The van der Waals surface area contributed by atoms with Crippen LogP contribution >= 0.6 is 11.6 Å². The Balaban J connectivity index is 1.79. The molecule has 0 spiro atoms. The van der Waals surface area contributed by atoms with E-state index < -0.39 is 5.60 Å². The Hall–Kier alpha value is -4.20. The largest absolute Gasteiger partial charge is 0.399 e. The molecule has 0 saturated carbocycles. The molecule has 5 aromatic rings. The average Bonchev–Trinajstić information content (AvgIpc) is 3.35. The molecule has 0 bridgehead atoms. The highest BCUT2D eigenvalue weighted by atomic mass is 35.5. The lowest BCUT2D eigenvalue weighted by molar-refractivity contribution is 0.117. The third kappa shape index (κ3) is 4.33. The van der Waals surface area contributed by atoms with E-state index in [1.165, 1.54) is 7.11 Å². The molecular formula is C29H25ClN4O3. The van der Waals surface area contributed by atoms with Crippen LogP contribution < -0.4 is 5.56 Å². The van der Waals surface area contributed by atoms with Crippen molar-refractivity contribution in [2.45, 2.75) is 5.60 Å². The van der Waals surface area contributed by atoms with E-state index in [1.807, 2.05) is 49.5 Å². The van der Waals surface area contributed by atoms with Gasteiger partial charge < -0.3 is 19.1 Å². The zero-order valence-electron chi connectivity index (χ0n) is 20.6. The molecule has 1 unspecified atom stereocenters. The van der Waals surface area contributed by atoms with Crippen LogP contribution in [0.15, 0.2) is 95.3 Å². The maximum absolute atomic E-state index is 12.9. The first-order valence-corrected chi connectivity index (χ1v) is 12.0. The van der Waals surface area contributed by atoms with Crippen LogP contribution in [0.4, 0.5) is 0 Å². The van der Waals surface area contributed by atoms with Crippen molar-refractivity contribution in [3.63, 3.8) is 0 Å². The molecule has 37 heavy (non-hydrogen) atoms. The lowest BCUT2D eigenvalue weighted by Gasteiger charge is -2.30. The zero-order valence-corrected chi connectivity index (χ0v) is 21.3. The molecule has 1 N–H and O–H groups in total. The summed E-state index contributed by atoms with van der Waals surface area (Å²) in [6.07, 6.45) is 4.92. The van der Waals surface area contributed by atoms with Gasteiger partial charge in [0.15, 0.2) is 5.60 Å². The molecule has 0 aliphatic heterocycles. The molecule has 0 radical (unpaired) electrons. The number of aryl methyl sites for hydroxylation is 2. The molecule has 2 aromatic heterocycles. The summed E-state index contributed by atoms with van der Waals surface area (Å²) >= 11 is 6.16. The van der Waals surface area contributed by atoms with Gasteiger partial charge in [-0.05, 0) is 58.1 Å². The van der Waals surface area contributed by atoms with Gasteiger partial charge in [0.2, 0.25) is 0 Å². The molecular weight excluding hydrogens is 488 g/mol. The monoisotopic (exact) mass is 512 g/mol. The smallest absolute Gasteiger partial charge is 0.251 e. The minimum Gasteiger partial charge on any atom is -0.399 e.